The molecule has 0 saturated carbocycles. The molecule has 0 bridgehead atoms. The van der Waals surface area contributed by atoms with Gasteiger partial charge in [-0.25, -0.2) is 4.39 Å². The van der Waals surface area contributed by atoms with Crippen LogP contribution >= 0.6 is 11.3 Å². The first-order valence-corrected chi connectivity index (χ1v) is 5.27. The minimum Gasteiger partial charge on any atom is -0.383 e. The smallest absolute Gasteiger partial charge is 0.128 e. The molecular formula is C11H8BFOS. The van der Waals surface area contributed by atoms with Gasteiger partial charge in [0.25, 0.3) is 0 Å². The number of aliphatic hydroxyl groups is 1. The Kier molecular flexibility index (Phi) is 2.89. The molecule has 0 aliphatic carbocycles. The second-order valence-corrected chi connectivity index (χ2v) is 4.34. The lowest BCUT2D eigenvalue weighted by atomic mass is 10.1. The number of aliphatic hydroxyl groups excluding tert-OH is 1. The van der Waals surface area contributed by atoms with Gasteiger partial charge < -0.3 is 5.11 Å². The molecule has 4 heteroatoms. The second-order valence-electron chi connectivity index (χ2n) is 3.20. The lowest BCUT2D eigenvalue weighted by Gasteiger charge is -2.08. The normalized spacial score (nSPS) is 12.7. The van der Waals surface area contributed by atoms with E-state index in [1.54, 1.807) is 24.3 Å². The molecule has 0 fully saturated rings. The summed E-state index contributed by atoms with van der Waals surface area (Å²) in [5.74, 6) is -0.351. The van der Waals surface area contributed by atoms with Crippen LogP contribution < -0.4 is 4.78 Å². The monoisotopic (exact) mass is 218 g/mol. The van der Waals surface area contributed by atoms with Crippen LogP contribution in [0.1, 0.15) is 16.5 Å². The van der Waals surface area contributed by atoms with E-state index < -0.39 is 6.10 Å². The molecule has 0 saturated heterocycles. The van der Waals surface area contributed by atoms with Gasteiger partial charge in [-0.2, -0.15) is 11.3 Å². The highest BCUT2D eigenvalue weighted by Gasteiger charge is 2.12. The predicted molar refractivity (Wildman–Crippen MR) is 60.2 cm³/mol. The summed E-state index contributed by atoms with van der Waals surface area (Å²) in [7, 11) is 5.56. The van der Waals surface area contributed by atoms with E-state index in [9.17, 15) is 9.50 Å². The average molecular weight is 218 g/mol. The third-order valence-electron chi connectivity index (χ3n) is 2.08. The Morgan fingerprint density at radius 2 is 2.07 bits per heavy atom. The highest BCUT2D eigenvalue weighted by molar-refractivity contribution is 7.20. The predicted octanol–water partition coefficient (Wildman–Crippen LogP) is 1.76. The van der Waals surface area contributed by atoms with E-state index in [0.717, 1.165) is 4.88 Å². The van der Waals surface area contributed by atoms with Crippen molar-refractivity contribution in [2.24, 2.45) is 0 Å². The second kappa shape index (κ2) is 4.17. The molecule has 1 unspecified atom stereocenters. The van der Waals surface area contributed by atoms with Crippen LogP contribution in [-0.4, -0.2) is 13.0 Å². The Morgan fingerprint density at radius 3 is 2.67 bits per heavy atom. The molecule has 15 heavy (non-hydrogen) atoms. The molecule has 1 atom stereocenters. The number of hydrogen-bond acceptors (Lipinski definition) is 2. The van der Waals surface area contributed by atoms with Crippen molar-refractivity contribution in [3.63, 3.8) is 0 Å². The molecule has 0 spiro atoms. The molecule has 1 aromatic heterocycles. The number of thiophene rings is 1. The van der Waals surface area contributed by atoms with Gasteiger partial charge in [0.15, 0.2) is 0 Å². The van der Waals surface area contributed by atoms with E-state index in [1.165, 1.54) is 23.5 Å². The van der Waals surface area contributed by atoms with E-state index in [4.69, 9.17) is 7.85 Å². The summed E-state index contributed by atoms with van der Waals surface area (Å²) in [6, 6.07) is 9.40. The van der Waals surface area contributed by atoms with Crippen LogP contribution in [0.5, 0.6) is 0 Å². The van der Waals surface area contributed by atoms with E-state index in [-0.39, 0.29) is 5.82 Å². The van der Waals surface area contributed by atoms with Crippen molar-refractivity contribution >= 4 is 24.0 Å². The van der Waals surface area contributed by atoms with Gasteiger partial charge in [-0.05, 0) is 28.5 Å². The summed E-state index contributed by atoms with van der Waals surface area (Å²) in [6.07, 6.45) is -0.803. The molecule has 1 aromatic carbocycles. The molecule has 0 aliphatic rings. The van der Waals surface area contributed by atoms with Gasteiger partial charge in [0.1, 0.15) is 19.8 Å². The third kappa shape index (κ3) is 2.27. The van der Waals surface area contributed by atoms with Crippen molar-refractivity contribution < 1.29 is 9.50 Å². The number of benzene rings is 1. The fourth-order valence-corrected chi connectivity index (χ4v) is 2.15. The summed E-state index contributed by atoms with van der Waals surface area (Å²) in [6.45, 7) is 0. The lowest BCUT2D eigenvalue weighted by molar-refractivity contribution is 0.223. The van der Waals surface area contributed by atoms with Gasteiger partial charge in [0.2, 0.25) is 0 Å². The lowest BCUT2D eigenvalue weighted by Crippen LogP contribution is -1.97. The van der Waals surface area contributed by atoms with Crippen molar-refractivity contribution in [2.75, 3.05) is 0 Å². The van der Waals surface area contributed by atoms with Crippen LogP contribution in [0.3, 0.4) is 0 Å². The van der Waals surface area contributed by atoms with E-state index >= 15 is 0 Å². The number of rotatable bonds is 2. The maximum Gasteiger partial charge on any atom is 0.128 e. The Morgan fingerprint density at radius 1 is 1.27 bits per heavy atom. The van der Waals surface area contributed by atoms with Gasteiger partial charge in [0.05, 0.1) is 0 Å². The first-order chi connectivity index (χ1) is 7.16. The van der Waals surface area contributed by atoms with Crippen molar-refractivity contribution in [3.8, 4) is 0 Å². The van der Waals surface area contributed by atoms with Crippen LogP contribution in [0.15, 0.2) is 36.4 Å². The minimum absolute atomic E-state index is 0.351. The maximum atomic E-state index is 12.9. The zero-order valence-electron chi connectivity index (χ0n) is 7.85. The summed E-state index contributed by atoms with van der Waals surface area (Å²) in [5, 5.41) is 9.92. The molecule has 2 aromatic rings. The molecule has 1 heterocycles. The first-order valence-electron chi connectivity index (χ1n) is 4.45. The SMILES string of the molecule is [B]c1ccc(C(O)c2cccc(F)c2)s1. The van der Waals surface area contributed by atoms with Crippen molar-refractivity contribution in [2.45, 2.75) is 6.10 Å². The van der Waals surface area contributed by atoms with Crippen molar-refractivity contribution in [1.29, 1.82) is 0 Å². The van der Waals surface area contributed by atoms with Gasteiger partial charge in [-0.15, -0.1) is 0 Å². The fourth-order valence-electron chi connectivity index (χ4n) is 1.36. The Labute approximate surface area is 92.6 Å². The van der Waals surface area contributed by atoms with Crippen molar-refractivity contribution in [1.82, 2.24) is 0 Å². The molecule has 2 radical (unpaired) electrons. The Bertz CT molecular complexity index is 469. The standard InChI is InChI=1S/C11H8BFOS/c12-10-5-4-9(15-10)11(14)7-2-1-3-8(13)6-7/h1-6,11,14H. The highest BCUT2D eigenvalue weighted by Crippen LogP contribution is 2.24. The zero-order valence-corrected chi connectivity index (χ0v) is 8.67. The van der Waals surface area contributed by atoms with E-state index in [2.05, 4.69) is 0 Å². The first kappa shape index (κ1) is 10.4. The van der Waals surface area contributed by atoms with Gasteiger partial charge in [0, 0.05) is 4.88 Å². The molecule has 1 N–H and O–H groups in total. The molecule has 2 rings (SSSR count). The van der Waals surface area contributed by atoms with Crippen LogP contribution in [0, 0.1) is 5.82 Å². The topological polar surface area (TPSA) is 20.2 Å². The summed E-state index contributed by atoms with van der Waals surface area (Å²) >= 11 is 1.30. The van der Waals surface area contributed by atoms with Gasteiger partial charge in [-0.3, -0.25) is 0 Å². The summed E-state index contributed by atoms with van der Waals surface area (Å²) in [5.41, 5.74) is 0.539. The van der Waals surface area contributed by atoms with Crippen LogP contribution in [0.2, 0.25) is 0 Å². The highest BCUT2D eigenvalue weighted by atomic mass is 32.1. The Hall–Kier alpha value is -1.13. The van der Waals surface area contributed by atoms with Crippen LogP contribution in [-0.2, 0) is 0 Å². The minimum atomic E-state index is -0.803. The zero-order chi connectivity index (χ0) is 10.8. The van der Waals surface area contributed by atoms with Gasteiger partial charge in [-0.1, -0.05) is 18.2 Å². The molecule has 0 amide bonds. The van der Waals surface area contributed by atoms with Gasteiger partial charge >= 0.3 is 0 Å². The van der Waals surface area contributed by atoms with Crippen LogP contribution in [0.4, 0.5) is 4.39 Å². The Balaban J connectivity index is 2.32. The number of halogens is 1. The molecule has 0 aliphatic heterocycles. The quantitative estimate of drug-likeness (QED) is 0.761. The molecule has 1 nitrogen and oxygen atoms in total. The fraction of sp³-hybridized carbons (Fsp3) is 0.0909. The maximum absolute atomic E-state index is 12.9. The summed E-state index contributed by atoms with van der Waals surface area (Å²) in [4.78, 5) is 0.720. The number of hydrogen-bond donors (Lipinski definition) is 1. The molecule has 74 valence electrons. The van der Waals surface area contributed by atoms with E-state index in [1.807, 2.05) is 0 Å². The van der Waals surface area contributed by atoms with E-state index in [0.29, 0.717) is 10.3 Å². The molecular weight excluding hydrogens is 210 g/mol. The van der Waals surface area contributed by atoms with Crippen molar-refractivity contribution in [3.05, 3.63) is 52.7 Å². The van der Waals surface area contributed by atoms with Crippen LogP contribution in [0.25, 0.3) is 0 Å². The third-order valence-corrected chi connectivity index (χ3v) is 3.05. The summed E-state index contributed by atoms with van der Waals surface area (Å²) < 4.78 is 13.6. The largest absolute Gasteiger partial charge is 0.383 e. The average Bonchev–Trinajstić information content (AvgIpc) is 2.64.